The van der Waals surface area contributed by atoms with Gasteiger partial charge in [0.2, 0.25) is 0 Å². The van der Waals surface area contributed by atoms with E-state index in [1.165, 1.54) is 12.1 Å². The van der Waals surface area contributed by atoms with E-state index >= 15 is 0 Å². The van der Waals surface area contributed by atoms with E-state index in [0.29, 0.717) is 12.3 Å². The zero-order valence-electron chi connectivity index (χ0n) is 10.1. The Labute approximate surface area is 105 Å². The summed E-state index contributed by atoms with van der Waals surface area (Å²) in [5.41, 5.74) is 0.840. The molecule has 0 saturated carbocycles. The van der Waals surface area contributed by atoms with E-state index in [9.17, 15) is 9.18 Å². The Morgan fingerprint density at radius 1 is 1.22 bits per heavy atom. The highest BCUT2D eigenvalue weighted by Crippen LogP contribution is 2.09. The van der Waals surface area contributed by atoms with Crippen LogP contribution in [0.5, 0.6) is 0 Å². The fourth-order valence-electron chi connectivity index (χ4n) is 1.56. The third-order valence-corrected chi connectivity index (χ3v) is 2.60. The van der Waals surface area contributed by atoms with Crippen molar-refractivity contribution in [2.75, 3.05) is 0 Å². The van der Waals surface area contributed by atoms with E-state index in [2.05, 4.69) is 5.32 Å². The predicted molar refractivity (Wildman–Crippen MR) is 65.7 cm³/mol. The van der Waals surface area contributed by atoms with Gasteiger partial charge in [-0.15, -0.1) is 0 Å². The maximum absolute atomic E-state index is 12.7. The van der Waals surface area contributed by atoms with E-state index in [-0.39, 0.29) is 11.7 Å². The van der Waals surface area contributed by atoms with Crippen molar-refractivity contribution in [2.24, 2.45) is 0 Å². The highest BCUT2D eigenvalue weighted by molar-refractivity contribution is 5.91. The van der Waals surface area contributed by atoms with Crippen molar-refractivity contribution in [3.63, 3.8) is 0 Å². The molecule has 0 radical (unpaired) electrons. The molecule has 18 heavy (non-hydrogen) atoms. The second-order valence-corrected chi connectivity index (χ2v) is 3.93. The zero-order valence-corrected chi connectivity index (χ0v) is 10.1. The predicted octanol–water partition coefficient (Wildman–Crippen LogP) is 2.91. The maximum Gasteiger partial charge on any atom is 0.287 e. The van der Waals surface area contributed by atoms with Gasteiger partial charge >= 0.3 is 0 Å². The van der Waals surface area contributed by atoms with Crippen LogP contribution < -0.4 is 5.32 Å². The Bertz CT molecular complexity index is 531. The molecule has 3 nitrogen and oxygen atoms in total. The molecule has 0 aliphatic heterocycles. The van der Waals surface area contributed by atoms with Crippen LogP contribution in [0.15, 0.2) is 40.8 Å². The Morgan fingerprint density at radius 2 is 1.94 bits per heavy atom. The molecule has 1 aromatic carbocycles. The maximum atomic E-state index is 12.7. The number of rotatable bonds is 4. The fraction of sp³-hybridized carbons (Fsp3) is 0.214. The smallest absolute Gasteiger partial charge is 0.287 e. The molecule has 0 spiro atoms. The van der Waals surface area contributed by atoms with Crippen LogP contribution in [0.25, 0.3) is 0 Å². The summed E-state index contributed by atoms with van der Waals surface area (Å²) in [5.74, 6) is 0.526. The lowest BCUT2D eigenvalue weighted by atomic mass is 10.2. The van der Waals surface area contributed by atoms with Crippen LogP contribution in [0.4, 0.5) is 4.39 Å². The van der Waals surface area contributed by atoms with Crippen molar-refractivity contribution >= 4 is 5.91 Å². The van der Waals surface area contributed by atoms with Crippen molar-refractivity contribution in [2.45, 2.75) is 19.9 Å². The van der Waals surface area contributed by atoms with E-state index in [1.54, 1.807) is 24.3 Å². The number of carbonyl (C=O) groups excluding carboxylic acids is 1. The van der Waals surface area contributed by atoms with Crippen LogP contribution in [0, 0.1) is 5.82 Å². The monoisotopic (exact) mass is 247 g/mol. The number of halogens is 1. The Kier molecular flexibility index (Phi) is 3.77. The van der Waals surface area contributed by atoms with Gasteiger partial charge < -0.3 is 9.73 Å². The van der Waals surface area contributed by atoms with E-state index < -0.39 is 0 Å². The highest BCUT2D eigenvalue weighted by atomic mass is 19.1. The van der Waals surface area contributed by atoms with Gasteiger partial charge in [-0.3, -0.25) is 4.79 Å². The minimum absolute atomic E-state index is 0.265. The first-order valence-corrected chi connectivity index (χ1v) is 5.80. The molecular weight excluding hydrogens is 233 g/mol. The summed E-state index contributed by atoms with van der Waals surface area (Å²) in [6.45, 7) is 2.31. The molecule has 1 heterocycles. The number of benzene rings is 1. The second kappa shape index (κ2) is 5.49. The lowest BCUT2D eigenvalue weighted by Crippen LogP contribution is -2.22. The third-order valence-electron chi connectivity index (χ3n) is 2.60. The largest absolute Gasteiger partial charge is 0.456 e. The molecule has 1 aromatic heterocycles. The van der Waals surface area contributed by atoms with Gasteiger partial charge in [0, 0.05) is 13.0 Å². The first-order valence-electron chi connectivity index (χ1n) is 5.80. The Balaban J connectivity index is 1.93. The first-order chi connectivity index (χ1) is 8.69. The average molecular weight is 247 g/mol. The van der Waals surface area contributed by atoms with Gasteiger partial charge in [0.05, 0.1) is 0 Å². The van der Waals surface area contributed by atoms with Gasteiger partial charge in [-0.2, -0.15) is 0 Å². The van der Waals surface area contributed by atoms with Gasteiger partial charge in [-0.25, -0.2) is 4.39 Å². The number of furan rings is 1. The molecule has 0 aliphatic rings. The normalized spacial score (nSPS) is 10.3. The van der Waals surface area contributed by atoms with Crippen molar-refractivity contribution in [1.29, 1.82) is 0 Å². The highest BCUT2D eigenvalue weighted by Gasteiger charge is 2.09. The molecule has 0 aliphatic carbocycles. The van der Waals surface area contributed by atoms with Crippen LogP contribution in [0.1, 0.15) is 28.8 Å². The van der Waals surface area contributed by atoms with Gasteiger partial charge in [-0.1, -0.05) is 19.1 Å². The number of carbonyl (C=O) groups is 1. The van der Waals surface area contributed by atoms with Gasteiger partial charge in [0.15, 0.2) is 5.76 Å². The standard InChI is InChI=1S/C14H14FNO2/c1-2-12-7-8-13(18-12)14(17)16-9-10-3-5-11(15)6-4-10/h3-8H,2,9H2,1H3,(H,16,17). The summed E-state index contributed by atoms with van der Waals surface area (Å²) in [6, 6.07) is 9.43. The van der Waals surface area contributed by atoms with Crippen molar-refractivity contribution in [3.05, 3.63) is 59.3 Å². The average Bonchev–Trinajstić information content (AvgIpc) is 2.86. The molecule has 0 fully saturated rings. The first kappa shape index (κ1) is 12.4. The van der Waals surface area contributed by atoms with Crippen molar-refractivity contribution < 1.29 is 13.6 Å². The molecule has 2 rings (SSSR count). The second-order valence-electron chi connectivity index (χ2n) is 3.93. The number of hydrogen-bond acceptors (Lipinski definition) is 2. The van der Waals surface area contributed by atoms with E-state index in [0.717, 1.165) is 17.7 Å². The van der Waals surface area contributed by atoms with E-state index in [4.69, 9.17) is 4.42 Å². The molecule has 4 heteroatoms. The number of aryl methyl sites for hydroxylation is 1. The summed E-state index contributed by atoms with van der Waals surface area (Å²) < 4.78 is 18.0. The summed E-state index contributed by atoms with van der Waals surface area (Å²) in [4.78, 5) is 11.7. The number of nitrogens with one attached hydrogen (secondary N) is 1. The number of amides is 1. The topological polar surface area (TPSA) is 42.2 Å². The molecule has 0 atom stereocenters. The summed E-state index contributed by atoms with van der Waals surface area (Å²) in [7, 11) is 0. The van der Waals surface area contributed by atoms with Gasteiger partial charge in [0.1, 0.15) is 11.6 Å². The zero-order chi connectivity index (χ0) is 13.0. The molecule has 0 saturated heterocycles. The molecule has 0 bridgehead atoms. The molecule has 1 amide bonds. The van der Waals surface area contributed by atoms with Crippen LogP contribution in [0.3, 0.4) is 0 Å². The van der Waals surface area contributed by atoms with E-state index in [1.807, 2.05) is 6.92 Å². The minimum Gasteiger partial charge on any atom is -0.456 e. The Morgan fingerprint density at radius 3 is 2.56 bits per heavy atom. The van der Waals surface area contributed by atoms with Crippen LogP contribution >= 0.6 is 0 Å². The SMILES string of the molecule is CCc1ccc(C(=O)NCc2ccc(F)cc2)o1. The van der Waals surface area contributed by atoms with Gasteiger partial charge in [-0.05, 0) is 29.8 Å². The third kappa shape index (κ3) is 2.97. The van der Waals surface area contributed by atoms with Crippen LogP contribution in [-0.2, 0) is 13.0 Å². The van der Waals surface area contributed by atoms with Crippen molar-refractivity contribution in [3.8, 4) is 0 Å². The molecule has 94 valence electrons. The lowest BCUT2D eigenvalue weighted by molar-refractivity contribution is 0.0921. The van der Waals surface area contributed by atoms with Crippen LogP contribution in [-0.4, -0.2) is 5.91 Å². The summed E-state index contributed by atoms with van der Waals surface area (Å²) in [6.07, 6.45) is 0.755. The lowest BCUT2D eigenvalue weighted by Gasteiger charge is -2.03. The molecule has 2 aromatic rings. The Hall–Kier alpha value is -2.10. The quantitative estimate of drug-likeness (QED) is 0.902. The number of hydrogen-bond donors (Lipinski definition) is 1. The minimum atomic E-state index is -0.288. The molecule has 0 unspecified atom stereocenters. The summed E-state index contributed by atoms with van der Waals surface area (Å²) in [5, 5.41) is 2.72. The van der Waals surface area contributed by atoms with Crippen molar-refractivity contribution in [1.82, 2.24) is 5.32 Å². The molecular formula is C14H14FNO2. The fourth-order valence-corrected chi connectivity index (χ4v) is 1.56. The summed E-state index contributed by atoms with van der Waals surface area (Å²) >= 11 is 0. The van der Waals surface area contributed by atoms with Gasteiger partial charge in [0.25, 0.3) is 5.91 Å². The molecule has 1 N–H and O–H groups in total. The van der Waals surface area contributed by atoms with Crippen LogP contribution in [0.2, 0.25) is 0 Å².